The van der Waals surface area contributed by atoms with Crippen molar-refractivity contribution < 1.29 is 22.7 Å². The van der Waals surface area contributed by atoms with Crippen molar-refractivity contribution in [2.75, 3.05) is 36.5 Å². The Morgan fingerprint density at radius 2 is 1.68 bits per heavy atom. The molecule has 7 nitrogen and oxygen atoms in total. The minimum atomic E-state index is -3.05. The van der Waals surface area contributed by atoms with Gasteiger partial charge in [-0.15, -0.1) is 0 Å². The van der Waals surface area contributed by atoms with Crippen molar-refractivity contribution in [1.29, 1.82) is 0 Å². The normalized spacial score (nSPS) is 16.9. The summed E-state index contributed by atoms with van der Waals surface area (Å²) in [6.45, 7) is 3.02. The molecule has 31 heavy (non-hydrogen) atoms. The molecule has 1 aliphatic heterocycles. The predicted molar refractivity (Wildman–Crippen MR) is 120 cm³/mol. The summed E-state index contributed by atoms with van der Waals surface area (Å²) < 4.78 is 28.8. The van der Waals surface area contributed by atoms with Crippen molar-refractivity contribution in [3.05, 3.63) is 65.7 Å². The fourth-order valence-electron chi connectivity index (χ4n) is 3.44. The van der Waals surface area contributed by atoms with Gasteiger partial charge in [0, 0.05) is 18.8 Å². The van der Waals surface area contributed by atoms with E-state index in [4.69, 9.17) is 4.74 Å². The molecule has 0 radical (unpaired) electrons. The molecule has 1 fully saturated rings. The van der Waals surface area contributed by atoms with Gasteiger partial charge in [-0.2, -0.15) is 0 Å². The number of carbonyl (C=O) groups is 2. The van der Waals surface area contributed by atoms with Gasteiger partial charge in [0.05, 0.1) is 23.7 Å². The number of anilines is 1. The molecule has 1 atom stereocenters. The third-order valence-corrected chi connectivity index (χ3v) is 6.84. The Morgan fingerprint density at radius 1 is 1.03 bits per heavy atom. The van der Waals surface area contributed by atoms with E-state index in [1.807, 2.05) is 42.2 Å². The number of rotatable bonds is 8. The lowest BCUT2D eigenvalue weighted by Gasteiger charge is -2.33. The second-order valence-electron chi connectivity index (χ2n) is 7.56. The molecule has 0 aliphatic carbocycles. The number of sulfone groups is 1. The summed E-state index contributed by atoms with van der Waals surface area (Å²) in [6, 6.07) is 15.3. The van der Waals surface area contributed by atoms with E-state index in [9.17, 15) is 18.0 Å². The Kier molecular flexibility index (Phi) is 7.81. The van der Waals surface area contributed by atoms with Crippen LogP contribution in [0.1, 0.15) is 41.7 Å². The van der Waals surface area contributed by atoms with E-state index in [0.29, 0.717) is 30.9 Å². The van der Waals surface area contributed by atoms with Crippen LogP contribution in [0.2, 0.25) is 0 Å². The van der Waals surface area contributed by atoms with Crippen LogP contribution in [0.3, 0.4) is 0 Å². The molecule has 3 rings (SSSR count). The number of nitrogens with zero attached hydrogens (tertiary/aromatic N) is 1. The second-order valence-corrected chi connectivity index (χ2v) is 9.86. The summed E-state index contributed by atoms with van der Waals surface area (Å²) in [5.41, 5.74) is 1.78. The summed E-state index contributed by atoms with van der Waals surface area (Å²) in [6.07, 6.45) is 1.77. The number of nitrogens with one attached hydrogen (secondary N) is 1. The molecule has 1 amide bonds. The molecule has 0 aromatic heterocycles. The van der Waals surface area contributed by atoms with E-state index in [1.54, 1.807) is 24.3 Å². The van der Waals surface area contributed by atoms with E-state index in [1.165, 1.54) is 0 Å². The summed E-state index contributed by atoms with van der Waals surface area (Å²) in [5.74, 6) is -0.552. The average Bonchev–Trinajstić information content (AvgIpc) is 2.76. The van der Waals surface area contributed by atoms with Gasteiger partial charge in [-0.25, -0.2) is 13.2 Å². The molecule has 1 heterocycles. The number of carbonyl (C=O) groups excluding carboxylic acids is 2. The Morgan fingerprint density at radius 3 is 2.29 bits per heavy atom. The highest BCUT2D eigenvalue weighted by Crippen LogP contribution is 2.25. The second kappa shape index (κ2) is 10.5. The van der Waals surface area contributed by atoms with Crippen molar-refractivity contribution in [3.63, 3.8) is 0 Å². The molecule has 166 valence electrons. The first-order chi connectivity index (χ1) is 14.9. The first kappa shape index (κ1) is 23.0. The van der Waals surface area contributed by atoms with Crippen molar-refractivity contribution in [1.82, 2.24) is 4.90 Å². The molecule has 1 saturated heterocycles. The number of ether oxygens (including phenoxy) is 1. The highest BCUT2D eigenvalue weighted by atomic mass is 32.2. The quantitative estimate of drug-likeness (QED) is 0.497. The standard InChI is InChI=1S/C23H28N2O5S/c1-2-3-15-30-23(27)19-9-11-20(12-10-19)24-22(26)21(18-7-5-4-6-8-18)25-13-16-31(28,29)17-14-25/h4-12,21H,2-3,13-17H2,1H3,(H,24,26). The lowest BCUT2D eigenvalue weighted by Crippen LogP contribution is -2.46. The SMILES string of the molecule is CCCCOC(=O)c1ccc(NC(=O)C(c2ccccc2)N2CCS(=O)(=O)CC2)cc1. The lowest BCUT2D eigenvalue weighted by atomic mass is 10.0. The van der Waals surface area contributed by atoms with Gasteiger partial charge in [-0.05, 0) is 36.2 Å². The number of benzene rings is 2. The van der Waals surface area contributed by atoms with E-state index in [2.05, 4.69) is 5.32 Å². The molecule has 1 N–H and O–H groups in total. The summed E-state index contributed by atoms with van der Waals surface area (Å²) in [4.78, 5) is 27.1. The van der Waals surface area contributed by atoms with Gasteiger partial charge >= 0.3 is 5.97 Å². The zero-order valence-corrected chi connectivity index (χ0v) is 18.4. The first-order valence-corrected chi connectivity index (χ1v) is 12.3. The fourth-order valence-corrected chi connectivity index (χ4v) is 4.67. The maximum atomic E-state index is 13.2. The van der Waals surface area contributed by atoms with Gasteiger partial charge in [0.25, 0.3) is 0 Å². The first-order valence-electron chi connectivity index (χ1n) is 10.5. The number of hydrogen-bond donors (Lipinski definition) is 1. The lowest BCUT2D eigenvalue weighted by molar-refractivity contribution is -0.121. The van der Waals surface area contributed by atoms with Gasteiger partial charge in [-0.1, -0.05) is 43.7 Å². The molecule has 0 spiro atoms. The number of amides is 1. The molecule has 2 aromatic rings. The maximum Gasteiger partial charge on any atom is 0.338 e. The molecular formula is C23H28N2O5S. The van der Waals surface area contributed by atoms with Crippen LogP contribution >= 0.6 is 0 Å². The van der Waals surface area contributed by atoms with Crippen LogP contribution in [0.15, 0.2) is 54.6 Å². The van der Waals surface area contributed by atoms with Gasteiger partial charge in [0.15, 0.2) is 9.84 Å². The highest BCUT2D eigenvalue weighted by Gasteiger charge is 2.32. The average molecular weight is 445 g/mol. The Hall–Kier alpha value is -2.71. The minimum Gasteiger partial charge on any atom is -0.462 e. The van der Waals surface area contributed by atoms with Crippen molar-refractivity contribution in [2.45, 2.75) is 25.8 Å². The minimum absolute atomic E-state index is 0.0401. The van der Waals surface area contributed by atoms with Crippen molar-refractivity contribution in [3.8, 4) is 0 Å². The predicted octanol–water partition coefficient (Wildman–Crippen LogP) is 3.05. The van der Waals surface area contributed by atoms with E-state index in [0.717, 1.165) is 18.4 Å². The van der Waals surface area contributed by atoms with E-state index >= 15 is 0 Å². The van der Waals surface area contributed by atoms with Crippen LogP contribution in [-0.2, 0) is 19.4 Å². The number of esters is 1. The molecule has 1 aliphatic rings. The largest absolute Gasteiger partial charge is 0.462 e. The van der Waals surface area contributed by atoms with Gasteiger partial charge in [0.1, 0.15) is 6.04 Å². The van der Waals surface area contributed by atoms with Crippen LogP contribution in [0.25, 0.3) is 0 Å². The Balaban J connectivity index is 1.71. The van der Waals surface area contributed by atoms with Crippen LogP contribution < -0.4 is 5.32 Å². The monoisotopic (exact) mass is 444 g/mol. The molecule has 0 saturated carbocycles. The van der Waals surface area contributed by atoms with Gasteiger partial charge in [0.2, 0.25) is 5.91 Å². The van der Waals surface area contributed by atoms with E-state index in [-0.39, 0.29) is 23.4 Å². The Labute approximate surface area is 183 Å². The summed E-state index contributed by atoms with van der Waals surface area (Å²) >= 11 is 0. The summed E-state index contributed by atoms with van der Waals surface area (Å²) in [5, 5.41) is 2.89. The number of unbranched alkanes of at least 4 members (excludes halogenated alkanes) is 1. The number of hydrogen-bond acceptors (Lipinski definition) is 6. The third-order valence-electron chi connectivity index (χ3n) is 5.23. The zero-order chi connectivity index (χ0) is 22.3. The van der Waals surface area contributed by atoms with Crippen molar-refractivity contribution in [2.24, 2.45) is 0 Å². The topological polar surface area (TPSA) is 92.8 Å². The molecule has 2 aromatic carbocycles. The summed E-state index contributed by atoms with van der Waals surface area (Å²) in [7, 11) is -3.05. The maximum absolute atomic E-state index is 13.2. The highest BCUT2D eigenvalue weighted by molar-refractivity contribution is 7.91. The molecular weight excluding hydrogens is 416 g/mol. The third kappa shape index (κ3) is 6.38. The van der Waals surface area contributed by atoms with Crippen LogP contribution in [0.4, 0.5) is 5.69 Å². The Bertz CT molecular complexity index is 976. The zero-order valence-electron chi connectivity index (χ0n) is 17.6. The van der Waals surface area contributed by atoms with Crippen molar-refractivity contribution >= 4 is 27.4 Å². The van der Waals surface area contributed by atoms with Gasteiger partial charge in [-0.3, -0.25) is 9.69 Å². The smallest absolute Gasteiger partial charge is 0.338 e. The van der Waals surface area contributed by atoms with E-state index < -0.39 is 15.9 Å². The van der Waals surface area contributed by atoms with Crippen LogP contribution in [0, 0.1) is 0 Å². The molecule has 8 heteroatoms. The van der Waals surface area contributed by atoms with Gasteiger partial charge < -0.3 is 10.1 Å². The fraction of sp³-hybridized carbons (Fsp3) is 0.391. The van der Waals surface area contributed by atoms with Crippen LogP contribution in [0.5, 0.6) is 0 Å². The molecule has 0 bridgehead atoms. The van der Waals surface area contributed by atoms with Crippen LogP contribution in [-0.4, -0.2) is 56.4 Å². The molecule has 1 unspecified atom stereocenters.